The third-order valence-corrected chi connectivity index (χ3v) is 8.42. The Hall–Kier alpha value is -3.24. The predicted octanol–water partition coefficient (Wildman–Crippen LogP) is 2.42. The number of nitrogens with one attached hydrogen (secondary N) is 3. The van der Waals surface area contributed by atoms with Gasteiger partial charge >= 0.3 is 6.09 Å². The smallest absolute Gasteiger partial charge is 0.408 e. The quantitative estimate of drug-likeness (QED) is 0.337. The van der Waals surface area contributed by atoms with Gasteiger partial charge in [-0.05, 0) is 57.3 Å². The molecule has 0 bridgehead atoms. The summed E-state index contributed by atoms with van der Waals surface area (Å²) in [4.78, 5) is 80.0. The third-order valence-electron chi connectivity index (χ3n) is 8.42. The van der Waals surface area contributed by atoms with Gasteiger partial charge in [0.2, 0.25) is 17.6 Å². The van der Waals surface area contributed by atoms with Crippen molar-refractivity contribution >= 4 is 35.4 Å². The Morgan fingerprint density at radius 1 is 1.07 bits per heavy atom. The van der Waals surface area contributed by atoms with Crippen LogP contribution in [0.3, 0.4) is 0 Å². The number of rotatable bonds is 5. The lowest BCUT2D eigenvalue weighted by atomic mass is 9.96. The molecule has 2 saturated heterocycles. The molecule has 11 nitrogen and oxygen atoms in total. The molecule has 3 N–H and O–H groups in total. The fourth-order valence-corrected chi connectivity index (χ4v) is 6.11. The number of ketones is 2. The Morgan fingerprint density at radius 3 is 2.41 bits per heavy atom. The Kier molecular flexibility index (Phi) is 10.4. The Balaban J connectivity index is 1.90. The highest BCUT2D eigenvalue weighted by atomic mass is 16.6. The minimum Gasteiger partial charge on any atom is -0.444 e. The molecule has 2 aliphatic heterocycles. The minimum absolute atomic E-state index is 0.00692. The van der Waals surface area contributed by atoms with E-state index in [4.69, 9.17) is 4.74 Å². The maximum absolute atomic E-state index is 13.9. The molecule has 0 aromatic rings. The molecule has 0 spiro atoms. The first-order valence-corrected chi connectivity index (χ1v) is 14.7. The van der Waals surface area contributed by atoms with Crippen molar-refractivity contribution < 1.29 is 33.5 Å². The van der Waals surface area contributed by atoms with Gasteiger partial charge in [0.25, 0.3) is 5.91 Å². The summed E-state index contributed by atoms with van der Waals surface area (Å²) >= 11 is 0. The Bertz CT molecular complexity index is 1060. The maximum Gasteiger partial charge on any atom is 0.408 e. The largest absolute Gasteiger partial charge is 0.444 e. The van der Waals surface area contributed by atoms with Gasteiger partial charge in [-0.15, -0.1) is 6.58 Å². The van der Waals surface area contributed by atoms with Crippen molar-refractivity contribution in [3.8, 4) is 0 Å². The zero-order chi connectivity index (χ0) is 30.5. The van der Waals surface area contributed by atoms with Gasteiger partial charge in [-0.2, -0.15) is 0 Å². The van der Waals surface area contributed by atoms with Gasteiger partial charge in [-0.3, -0.25) is 24.0 Å². The second kappa shape index (κ2) is 13.2. The van der Waals surface area contributed by atoms with E-state index in [-0.39, 0.29) is 48.8 Å². The summed E-state index contributed by atoms with van der Waals surface area (Å²) in [5, 5.41) is 7.92. The molecule has 5 atom stereocenters. The monoisotopic (exact) mass is 574 g/mol. The van der Waals surface area contributed by atoms with E-state index < -0.39 is 53.3 Å². The van der Waals surface area contributed by atoms with Crippen LogP contribution in [0.1, 0.15) is 86.0 Å². The first-order chi connectivity index (χ1) is 19.2. The number of carbonyl (C=O) groups excluding carboxylic acids is 6. The number of hydrogen-bond donors (Lipinski definition) is 3. The number of fused-ring (bicyclic) bond motifs is 3. The van der Waals surface area contributed by atoms with Crippen LogP contribution in [-0.2, 0) is 28.7 Å². The number of ether oxygens (including phenoxy) is 1. The topological polar surface area (TPSA) is 151 Å². The van der Waals surface area contributed by atoms with Crippen LogP contribution in [0.4, 0.5) is 4.79 Å². The van der Waals surface area contributed by atoms with E-state index in [1.54, 1.807) is 20.8 Å². The van der Waals surface area contributed by atoms with Crippen molar-refractivity contribution in [3.63, 3.8) is 0 Å². The molecule has 228 valence electrons. The van der Waals surface area contributed by atoms with Crippen LogP contribution in [0, 0.1) is 17.3 Å². The van der Waals surface area contributed by atoms with Crippen molar-refractivity contribution in [1.82, 2.24) is 20.9 Å². The van der Waals surface area contributed by atoms with E-state index in [0.29, 0.717) is 25.8 Å². The highest BCUT2D eigenvalue weighted by molar-refractivity contribution is 6.38. The van der Waals surface area contributed by atoms with E-state index in [1.807, 2.05) is 13.8 Å². The van der Waals surface area contributed by atoms with Crippen LogP contribution in [0.2, 0.25) is 0 Å². The standard InChI is InChI=1S/C30H46N4O7/c1-7-16-31-26(38)24(36)20-13-11-9-8-10-12-18(35)14-15-21(33-28(40)41-29(2,3)4)27(39)34-17-19-22(30(19,5)6)23(34)25(37)32-20/h7,19-23H,1,8-17H2,2-6H3,(H,31,38)(H,32,37)(H,33,40)/t19-,20+,21+,22-,23-/m0/s1. The van der Waals surface area contributed by atoms with Crippen LogP contribution in [0.5, 0.6) is 0 Å². The molecule has 3 aliphatic rings. The predicted molar refractivity (Wildman–Crippen MR) is 152 cm³/mol. The Morgan fingerprint density at radius 2 is 1.76 bits per heavy atom. The van der Waals surface area contributed by atoms with E-state index in [0.717, 1.165) is 12.8 Å². The molecule has 1 saturated carbocycles. The number of Topliss-reactive ketones (excluding diaryl/α,β-unsaturated/α-hetero) is 2. The van der Waals surface area contributed by atoms with Crippen LogP contribution in [0.15, 0.2) is 12.7 Å². The molecule has 41 heavy (non-hydrogen) atoms. The van der Waals surface area contributed by atoms with Crippen LogP contribution >= 0.6 is 0 Å². The fourth-order valence-electron chi connectivity index (χ4n) is 6.11. The summed E-state index contributed by atoms with van der Waals surface area (Å²) in [7, 11) is 0. The van der Waals surface area contributed by atoms with Crippen LogP contribution < -0.4 is 16.0 Å². The van der Waals surface area contributed by atoms with E-state index in [9.17, 15) is 28.8 Å². The number of hydrogen-bond acceptors (Lipinski definition) is 7. The minimum atomic E-state index is -1.06. The molecule has 0 aromatic heterocycles. The second-order valence-electron chi connectivity index (χ2n) is 13.0. The lowest BCUT2D eigenvalue weighted by molar-refractivity contribution is -0.144. The van der Waals surface area contributed by atoms with Crippen molar-refractivity contribution in [3.05, 3.63) is 12.7 Å². The van der Waals surface area contributed by atoms with Crippen molar-refractivity contribution in [2.24, 2.45) is 17.3 Å². The molecule has 0 aromatic carbocycles. The highest BCUT2D eigenvalue weighted by Gasteiger charge is 2.69. The average Bonchev–Trinajstić information content (AvgIpc) is 3.21. The van der Waals surface area contributed by atoms with Crippen molar-refractivity contribution in [2.75, 3.05) is 13.1 Å². The lowest BCUT2D eigenvalue weighted by Gasteiger charge is -2.34. The second-order valence-corrected chi connectivity index (χ2v) is 13.0. The fraction of sp³-hybridized carbons (Fsp3) is 0.733. The molecular weight excluding hydrogens is 528 g/mol. The van der Waals surface area contributed by atoms with Crippen molar-refractivity contribution in [1.29, 1.82) is 0 Å². The van der Waals surface area contributed by atoms with E-state index in [2.05, 4.69) is 22.5 Å². The van der Waals surface area contributed by atoms with Gasteiger partial charge in [-0.1, -0.05) is 39.2 Å². The molecule has 0 radical (unpaired) electrons. The summed E-state index contributed by atoms with van der Waals surface area (Å²) < 4.78 is 5.37. The van der Waals surface area contributed by atoms with Gasteiger partial charge in [-0.25, -0.2) is 4.79 Å². The van der Waals surface area contributed by atoms with Gasteiger partial charge in [0.05, 0.1) is 6.04 Å². The van der Waals surface area contributed by atoms with Crippen LogP contribution in [-0.4, -0.2) is 77.1 Å². The van der Waals surface area contributed by atoms with Gasteiger partial charge in [0.1, 0.15) is 23.5 Å². The normalized spacial score (nSPS) is 29.0. The molecule has 11 heteroatoms. The first kappa shape index (κ1) is 32.3. The average molecular weight is 575 g/mol. The lowest BCUT2D eigenvalue weighted by Crippen LogP contribution is -2.58. The third kappa shape index (κ3) is 8.16. The summed E-state index contributed by atoms with van der Waals surface area (Å²) in [6.45, 7) is 13.2. The molecule has 2 heterocycles. The molecule has 1 aliphatic carbocycles. The summed E-state index contributed by atoms with van der Waals surface area (Å²) in [6.07, 6.45) is 4.22. The van der Waals surface area contributed by atoms with Gasteiger partial charge in [0, 0.05) is 25.9 Å². The van der Waals surface area contributed by atoms with Gasteiger partial charge < -0.3 is 25.6 Å². The molecule has 4 amide bonds. The number of alkyl carbamates (subject to hydrolysis) is 1. The molecular formula is C30H46N4O7. The van der Waals surface area contributed by atoms with E-state index >= 15 is 0 Å². The van der Waals surface area contributed by atoms with Gasteiger partial charge in [0.15, 0.2) is 0 Å². The zero-order valence-corrected chi connectivity index (χ0v) is 25.0. The molecule has 0 unspecified atom stereocenters. The maximum atomic E-state index is 13.9. The SMILES string of the molecule is C=CCNC(=O)C(=O)[C@H]1CCCCCCC(=O)CC[C@@H](NC(=O)OC(C)(C)C)C(=O)N2C[C@H]3[C@@H]([C@H]2C(=O)N1)C3(C)C. The van der Waals surface area contributed by atoms with Crippen molar-refractivity contribution in [2.45, 2.75) is 110 Å². The number of amides is 4. The first-order valence-electron chi connectivity index (χ1n) is 14.7. The van der Waals surface area contributed by atoms with E-state index in [1.165, 1.54) is 11.0 Å². The summed E-state index contributed by atoms with van der Waals surface area (Å²) in [5.74, 6) is -2.59. The molecule has 3 fully saturated rings. The highest BCUT2D eigenvalue weighted by Crippen LogP contribution is 2.65. The number of nitrogens with zero attached hydrogens (tertiary/aromatic N) is 1. The number of carbonyl (C=O) groups is 6. The van der Waals surface area contributed by atoms with Crippen LogP contribution in [0.25, 0.3) is 0 Å². The summed E-state index contributed by atoms with van der Waals surface area (Å²) in [6, 6.07) is -2.98. The Labute approximate surface area is 242 Å². The summed E-state index contributed by atoms with van der Waals surface area (Å²) in [5.41, 5.74) is -0.979. The zero-order valence-electron chi connectivity index (χ0n) is 25.0. The number of piperidine rings is 1. The molecule has 3 rings (SSSR count).